The van der Waals surface area contributed by atoms with Gasteiger partial charge in [-0.25, -0.2) is 9.97 Å². The van der Waals surface area contributed by atoms with Crippen molar-refractivity contribution in [2.24, 2.45) is 5.41 Å². The van der Waals surface area contributed by atoms with Crippen LogP contribution in [0.25, 0.3) is 0 Å². The Morgan fingerprint density at radius 1 is 1.21 bits per heavy atom. The standard InChI is InChI=1S/C24H33N5O3S/c1-17(14-24(2,3)23(30)31)28-11-9-27(10-12-28)15-18-5-6-20-19(13-18)29(16-32-4)21-22(33-20)26-8-7-25-21/h5-8,13,17H,9-12,14-16H2,1-4H3,(H,30,31). The van der Waals surface area contributed by atoms with Gasteiger partial charge in [0.1, 0.15) is 11.8 Å². The number of anilines is 2. The number of carbonyl (C=O) groups is 1. The Morgan fingerprint density at radius 3 is 2.64 bits per heavy atom. The molecule has 1 aromatic carbocycles. The zero-order valence-corrected chi connectivity index (χ0v) is 20.6. The van der Waals surface area contributed by atoms with Gasteiger partial charge in [0, 0.05) is 63.2 Å². The van der Waals surface area contributed by atoms with Crippen molar-refractivity contribution in [3.8, 4) is 0 Å². The predicted molar refractivity (Wildman–Crippen MR) is 129 cm³/mol. The zero-order valence-electron chi connectivity index (χ0n) is 19.8. The average Bonchev–Trinajstić information content (AvgIpc) is 2.79. The van der Waals surface area contributed by atoms with E-state index >= 15 is 0 Å². The number of hydrogen-bond acceptors (Lipinski definition) is 8. The highest BCUT2D eigenvalue weighted by Crippen LogP contribution is 2.46. The highest BCUT2D eigenvalue weighted by Gasteiger charge is 2.32. The topological polar surface area (TPSA) is 82.0 Å². The fourth-order valence-electron chi connectivity index (χ4n) is 4.59. The third kappa shape index (κ3) is 5.32. The van der Waals surface area contributed by atoms with Crippen molar-refractivity contribution in [3.63, 3.8) is 0 Å². The van der Waals surface area contributed by atoms with E-state index in [4.69, 9.17) is 4.74 Å². The van der Waals surface area contributed by atoms with E-state index in [0.717, 1.165) is 54.2 Å². The molecule has 2 aromatic rings. The Morgan fingerprint density at radius 2 is 1.94 bits per heavy atom. The molecule has 33 heavy (non-hydrogen) atoms. The second-order valence-corrected chi connectivity index (χ2v) is 10.5. The number of hydrogen-bond donors (Lipinski definition) is 1. The Labute approximate surface area is 199 Å². The summed E-state index contributed by atoms with van der Waals surface area (Å²) in [5.74, 6) is 0.107. The molecule has 1 N–H and O–H groups in total. The number of aromatic nitrogens is 2. The minimum absolute atomic E-state index is 0.253. The van der Waals surface area contributed by atoms with Crippen LogP contribution in [0.3, 0.4) is 0 Å². The van der Waals surface area contributed by atoms with Gasteiger partial charge in [0.05, 0.1) is 11.1 Å². The first-order valence-electron chi connectivity index (χ1n) is 11.4. The molecule has 0 amide bonds. The molecule has 1 fully saturated rings. The molecule has 8 nitrogen and oxygen atoms in total. The summed E-state index contributed by atoms with van der Waals surface area (Å²) in [6, 6.07) is 6.86. The molecule has 4 rings (SSSR count). The number of nitrogens with zero attached hydrogens (tertiary/aromatic N) is 5. The van der Waals surface area contributed by atoms with Crippen LogP contribution >= 0.6 is 11.8 Å². The van der Waals surface area contributed by atoms with Crippen molar-refractivity contribution in [2.75, 3.05) is 44.9 Å². The van der Waals surface area contributed by atoms with Gasteiger partial charge in [-0.1, -0.05) is 17.8 Å². The lowest BCUT2D eigenvalue weighted by Crippen LogP contribution is -2.50. The molecule has 2 aliphatic heterocycles. The number of carboxylic acids is 1. The Hall–Kier alpha value is -2.20. The van der Waals surface area contributed by atoms with Gasteiger partial charge in [-0.15, -0.1) is 0 Å². The van der Waals surface area contributed by atoms with Crippen molar-refractivity contribution in [1.82, 2.24) is 19.8 Å². The summed E-state index contributed by atoms with van der Waals surface area (Å²) in [6.45, 7) is 10.9. The van der Waals surface area contributed by atoms with Crippen molar-refractivity contribution >= 4 is 29.2 Å². The number of piperazine rings is 1. The zero-order chi connectivity index (χ0) is 23.6. The fraction of sp³-hybridized carbons (Fsp3) is 0.542. The maximum absolute atomic E-state index is 11.5. The molecule has 1 unspecified atom stereocenters. The van der Waals surface area contributed by atoms with E-state index in [9.17, 15) is 9.90 Å². The van der Waals surface area contributed by atoms with Gasteiger partial charge in [0.2, 0.25) is 0 Å². The first kappa shape index (κ1) is 23.9. The molecule has 0 aliphatic carbocycles. The third-order valence-electron chi connectivity index (χ3n) is 6.50. The maximum atomic E-state index is 11.5. The summed E-state index contributed by atoms with van der Waals surface area (Å²) >= 11 is 1.64. The van der Waals surface area contributed by atoms with Gasteiger partial charge >= 0.3 is 5.97 Å². The molecule has 9 heteroatoms. The van der Waals surface area contributed by atoms with Gasteiger partial charge in [-0.2, -0.15) is 0 Å². The minimum Gasteiger partial charge on any atom is -0.481 e. The molecule has 3 heterocycles. The van der Waals surface area contributed by atoms with Crippen LogP contribution in [-0.2, 0) is 16.1 Å². The van der Waals surface area contributed by atoms with E-state index in [2.05, 4.69) is 49.8 Å². The molecule has 0 saturated carbocycles. The van der Waals surface area contributed by atoms with Crippen LogP contribution in [0.1, 0.15) is 32.8 Å². The van der Waals surface area contributed by atoms with E-state index in [1.165, 1.54) is 5.56 Å². The third-order valence-corrected chi connectivity index (χ3v) is 7.55. The lowest BCUT2D eigenvalue weighted by Gasteiger charge is -2.40. The van der Waals surface area contributed by atoms with Gasteiger partial charge < -0.3 is 9.84 Å². The van der Waals surface area contributed by atoms with E-state index in [0.29, 0.717) is 13.2 Å². The SMILES string of the molecule is COCN1c2cc(CN3CCN(C(C)CC(C)(C)C(=O)O)CC3)ccc2Sc2nccnc21. The lowest BCUT2D eigenvalue weighted by molar-refractivity contribution is -0.148. The highest BCUT2D eigenvalue weighted by molar-refractivity contribution is 7.99. The maximum Gasteiger partial charge on any atom is 0.309 e. The Balaban J connectivity index is 1.40. The van der Waals surface area contributed by atoms with Crippen LogP contribution in [0, 0.1) is 5.41 Å². The number of benzene rings is 1. The molecule has 178 valence electrons. The van der Waals surface area contributed by atoms with Gasteiger partial charge in [0.15, 0.2) is 5.82 Å². The summed E-state index contributed by atoms with van der Waals surface area (Å²) in [4.78, 5) is 28.6. The van der Waals surface area contributed by atoms with E-state index in [-0.39, 0.29) is 6.04 Å². The monoisotopic (exact) mass is 471 g/mol. The molecule has 1 aromatic heterocycles. The van der Waals surface area contributed by atoms with Crippen molar-refractivity contribution in [2.45, 2.75) is 49.7 Å². The summed E-state index contributed by atoms with van der Waals surface area (Å²) in [7, 11) is 1.69. The van der Waals surface area contributed by atoms with Crippen LogP contribution in [0.4, 0.5) is 11.5 Å². The van der Waals surface area contributed by atoms with E-state index in [1.807, 2.05) is 13.8 Å². The van der Waals surface area contributed by atoms with E-state index < -0.39 is 11.4 Å². The van der Waals surface area contributed by atoms with Crippen molar-refractivity contribution < 1.29 is 14.6 Å². The summed E-state index contributed by atoms with van der Waals surface area (Å²) in [5, 5.41) is 10.3. The summed E-state index contributed by atoms with van der Waals surface area (Å²) in [6.07, 6.45) is 4.10. The Bertz CT molecular complexity index is 994. The van der Waals surface area contributed by atoms with Crippen molar-refractivity contribution in [3.05, 3.63) is 36.2 Å². The number of aliphatic carboxylic acids is 1. The van der Waals surface area contributed by atoms with Gasteiger partial charge in [-0.05, 0) is 44.9 Å². The molecule has 0 spiro atoms. The first-order valence-corrected chi connectivity index (χ1v) is 12.2. The average molecular weight is 472 g/mol. The van der Waals surface area contributed by atoms with Crippen LogP contribution in [-0.4, -0.2) is 76.9 Å². The van der Waals surface area contributed by atoms with Crippen LogP contribution in [0.2, 0.25) is 0 Å². The number of rotatable bonds is 8. The fourth-order valence-corrected chi connectivity index (χ4v) is 5.57. The normalized spacial score (nSPS) is 18.0. The smallest absolute Gasteiger partial charge is 0.309 e. The minimum atomic E-state index is -0.727. The second-order valence-electron chi connectivity index (χ2n) is 9.49. The van der Waals surface area contributed by atoms with Gasteiger partial charge in [-0.3, -0.25) is 19.5 Å². The molecular formula is C24H33N5O3S. The molecule has 1 saturated heterocycles. The van der Waals surface area contributed by atoms with Crippen LogP contribution in [0.15, 0.2) is 40.5 Å². The summed E-state index contributed by atoms with van der Waals surface area (Å²) < 4.78 is 5.46. The molecular weight excluding hydrogens is 438 g/mol. The molecule has 2 aliphatic rings. The largest absolute Gasteiger partial charge is 0.481 e. The number of ether oxygens (including phenoxy) is 1. The molecule has 0 bridgehead atoms. The molecule has 1 atom stereocenters. The predicted octanol–water partition coefficient (Wildman–Crippen LogP) is 3.69. The van der Waals surface area contributed by atoms with Crippen LogP contribution < -0.4 is 4.90 Å². The summed E-state index contributed by atoms with van der Waals surface area (Å²) in [5.41, 5.74) is 1.67. The number of fused-ring (bicyclic) bond motifs is 2. The van der Waals surface area contributed by atoms with Gasteiger partial charge in [0.25, 0.3) is 0 Å². The van der Waals surface area contributed by atoms with Crippen LogP contribution in [0.5, 0.6) is 0 Å². The lowest BCUT2D eigenvalue weighted by atomic mass is 9.85. The molecule has 0 radical (unpaired) electrons. The van der Waals surface area contributed by atoms with Crippen molar-refractivity contribution in [1.29, 1.82) is 0 Å². The second kappa shape index (κ2) is 9.97. The highest BCUT2D eigenvalue weighted by atomic mass is 32.2. The number of carboxylic acid groups (broad SMARTS) is 1. The first-order chi connectivity index (χ1) is 15.8. The quantitative estimate of drug-likeness (QED) is 0.620. The van der Waals surface area contributed by atoms with E-state index in [1.54, 1.807) is 31.3 Å². The number of methoxy groups -OCH3 is 1. The Kier molecular flexibility index (Phi) is 7.23.